The van der Waals surface area contributed by atoms with Crippen molar-refractivity contribution in [1.82, 2.24) is 10.6 Å². The van der Waals surface area contributed by atoms with E-state index in [1.807, 2.05) is 0 Å². The van der Waals surface area contributed by atoms with Gasteiger partial charge in [-0.2, -0.15) is 0 Å². The minimum atomic E-state index is 0.0244. The topological polar surface area (TPSA) is 93.4 Å². The number of fused-ring (bicyclic) bond motifs is 4. The van der Waals surface area contributed by atoms with Gasteiger partial charge in [0.2, 0.25) is 5.91 Å². The molecule has 1 saturated heterocycles. The third-order valence-corrected chi connectivity index (χ3v) is 6.73. The number of nitrogens with one attached hydrogen (secondary N) is 2. The summed E-state index contributed by atoms with van der Waals surface area (Å²) in [5.74, 6) is 2.19. The average Bonchev–Trinajstić information content (AvgIpc) is 2.91. The van der Waals surface area contributed by atoms with E-state index < -0.39 is 0 Å². The van der Waals surface area contributed by atoms with E-state index in [1.165, 1.54) is 38.5 Å². The van der Waals surface area contributed by atoms with Crippen molar-refractivity contribution >= 4 is 11.7 Å². The van der Waals surface area contributed by atoms with Crippen LogP contribution in [0, 0.1) is 17.8 Å². The van der Waals surface area contributed by atoms with Gasteiger partial charge in [0.1, 0.15) is 0 Å². The van der Waals surface area contributed by atoms with E-state index in [9.17, 15) is 9.59 Å². The zero-order valence-electron chi connectivity index (χ0n) is 16.6. The van der Waals surface area contributed by atoms with E-state index in [0.717, 1.165) is 25.2 Å². The summed E-state index contributed by atoms with van der Waals surface area (Å²) in [6.07, 6.45) is 11.1. The Kier molecular flexibility index (Phi) is 8.09. The molecule has 154 valence electrons. The highest BCUT2D eigenvalue weighted by atomic mass is 16.5. The van der Waals surface area contributed by atoms with E-state index in [1.54, 1.807) is 0 Å². The summed E-state index contributed by atoms with van der Waals surface area (Å²) < 4.78 is 5.21. The molecule has 2 saturated carbocycles. The van der Waals surface area contributed by atoms with Crippen LogP contribution in [0.3, 0.4) is 0 Å². The molecule has 0 bridgehead atoms. The number of carbonyl (C=O) groups excluding carboxylic acids is 2. The maximum absolute atomic E-state index is 12.8. The highest BCUT2D eigenvalue weighted by molar-refractivity contribution is 5.90. The molecular formula is C21H37N3O3. The van der Waals surface area contributed by atoms with Crippen LogP contribution in [-0.2, 0) is 14.3 Å². The van der Waals surface area contributed by atoms with Crippen molar-refractivity contribution in [3.63, 3.8) is 0 Å². The molecule has 5 atom stereocenters. The molecule has 6 nitrogen and oxygen atoms in total. The molecule has 4 N–H and O–H groups in total. The highest BCUT2D eigenvalue weighted by Crippen LogP contribution is 2.51. The lowest BCUT2D eigenvalue weighted by molar-refractivity contribution is -0.129. The van der Waals surface area contributed by atoms with Gasteiger partial charge in [-0.15, -0.1) is 0 Å². The second-order valence-corrected chi connectivity index (χ2v) is 8.49. The summed E-state index contributed by atoms with van der Waals surface area (Å²) in [7, 11) is 0. The Morgan fingerprint density at radius 2 is 1.89 bits per heavy atom. The van der Waals surface area contributed by atoms with Gasteiger partial charge in [-0.05, 0) is 43.9 Å². The van der Waals surface area contributed by atoms with E-state index in [2.05, 4.69) is 10.6 Å². The number of Topliss-reactive ketones (excluding diaryl/α,β-unsaturated/α-hetero) is 1. The number of rotatable bonds is 10. The summed E-state index contributed by atoms with van der Waals surface area (Å²) in [4.78, 5) is 24.5. The number of hydrogen-bond acceptors (Lipinski definition) is 5. The Labute approximate surface area is 163 Å². The third-order valence-electron chi connectivity index (χ3n) is 6.73. The molecule has 6 heteroatoms. The molecule has 1 heterocycles. The lowest BCUT2D eigenvalue weighted by Gasteiger charge is -2.49. The molecule has 0 radical (unpaired) electrons. The quantitative estimate of drug-likeness (QED) is 0.503. The first-order valence-corrected chi connectivity index (χ1v) is 11.1. The molecule has 3 fully saturated rings. The molecule has 3 aliphatic rings. The summed E-state index contributed by atoms with van der Waals surface area (Å²) in [6.45, 7) is 2.08. The predicted octanol–water partition coefficient (Wildman–Crippen LogP) is 1.76. The van der Waals surface area contributed by atoms with Gasteiger partial charge in [0.25, 0.3) is 0 Å². The Morgan fingerprint density at radius 3 is 2.67 bits per heavy atom. The summed E-state index contributed by atoms with van der Waals surface area (Å²) >= 11 is 0. The molecule has 5 unspecified atom stereocenters. The van der Waals surface area contributed by atoms with Crippen molar-refractivity contribution < 1.29 is 14.3 Å². The van der Waals surface area contributed by atoms with Gasteiger partial charge in [0.15, 0.2) is 5.78 Å². The standard InChI is InChI=1S/C21H37N3O3/c22-11-14-27-13-10-18(25)23-12-6-5-9-17-21(26)19-15-7-3-1-2-4-8-16(15)20(19)24-17/h15-17,19-20,24H,1-14,22H2,(H,23,25). The molecule has 27 heavy (non-hydrogen) atoms. The van der Waals surface area contributed by atoms with Crippen molar-refractivity contribution in [2.75, 3.05) is 26.3 Å². The monoisotopic (exact) mass is 379 g/mol. The van der Waals surface area contributed by atoms with Crippen LogP contribution in [-0.4, -0.2) is 50.1 Å². The van der Waals surface area contributed by atoms with Crippen molar-refractivity contribution in [3.8, 4) is 0 Å². The Bertz CT molecular complexity index is 499. The number of hydrogen-bond donors (Lipinski definition) is 3. The largest absolute Gasteiger partial charge is 0.380 e. The number of nitrogens with two attached hydrogens (primary N) is 1. The van der Waals surface area contributed by atoms with Crippen molar-refractivity contribution in [2.45, 2.75) is 76.3 Å². The first kappa shape index (κ1) is 20.7. The van der Waals surface area contributed by atoms with Gasteiger partial charge in [0.05, 0.1) is 19.3 Å². The highest BCUT2D eigenvalue weighted by Gasteiger charge is 2.58. The minimum Gasteiger partial charge on any atom is -0.380 e. The van der Waals surface area contributed by atoms with Crippen molar-refractivity contribution in [1.29, 1.82) is 0 Å². The number of ether oxygens (including phenoxy) is 1. The molecular weight excluding hydrogens is 342 g/mol. The SMILES string of the molecule is NCCOCCC(=O)NCCCCC1NC2C3CCCCCCC3C2C1=O. The van der Waals surface area contributed by atoms with Crippen LogP contribution in [0.1, 0.15) is 64.2 Å². The van der Waals surface area contributed by atoms with E-state index in [-0.39, 0.29) is 11.9 Å². The van der Waals surface area contributed by atoms with Gasteiger partial charge in [0, 0.05) is 31.5 Å². The molecule has 0 aromatic rings. The Morgan fingerprint density at radius 1 is 1.11 bits per heavy atom. The average molecular weight is 380 g/mol. The fourth-order valence-corrected chi connectivity index (χ4v) is 5.35. The summed E-state index contributed by atoms with van der Waals surface area (Å²) in [5, 5.41) is 6.59. The molecule has 1 amide bonds. The van der Waals surface area contributed by atoms with E-state index >= 15 is 0 Å². The van der Waals surface area contributed by atoms with Crippen LogP contribution in [0.2, 0.25) is 0 Å². The van der Waals surface area contributed by atoms with E-state index in [4.69, 9.17) is 10.5 Å². The van der Waals surface area contributed by atoms with Crippen LogP contribution in [0.15, 0.2) is 0 Å². The fraction of sp³-hybridized carbons (Fsp3) is 0.905. The Balaban J connectivity index is 1.30. The summed E-state index contributed by atoms with van der Waals surface area (Å²) in [6, 6.07) is 0.507. The lowest BCUT2D eigenvalue weighted by Crippen LogP contribution is -2.55. The number of unbranched alkanes of at least 4 members (excludes halogenated alkanes) is 1. The smallest absolute Gasteiger partial charge is 0.222 e. The first-order valence-electron chi connectivity index (χ1n) is 11.1. The zero-order chi connectivity index (χ0) is 19.1. The summed E-state index contributed by atoms with van der Waals surface area (Å²) in [5.41, 5.74) is 5.33. The van der Waals surface area contributed by atoms with Crippen LogP contribution in [0.5, 0.6) is 0 Å². The van der Waals surface area contributed by atoms with Gasteiger partial charge < -0.3 is 21.1 Å². The minimum absolute atomic E-state index is 0.0244. The molecule has 0 aromatic heterocycles. The Hall–Kier alpha value is -0.980. The molecule has 1 aliphatic heterocycles. The van der Waals surface area contributed by atoms with Gasteiger partial charge in [-0.3, -0.25) is 9.59 Å². The second-order valence-electron chi connectivity index (χ2n) is 8.49. The third kappa shape index (κ3) is 5.30. The first-order chi connectivity index (χ1) is 13.2. The van der Waals surface area contributed by atoms with Crippen LogP contribution < -0.4 is 16.4 Å². The van der Waals surface area contributed by atoms with Gasteiger partial charge in [-0.1, -0.05) is 25.7 Å². The maximum Gasteiger partial charge on any atom is 0.222 e. The van der Waals surface area contributed by atoms with Crippen LogP contribution >= 0.6 is 0 Å². The molecule has 0 spiro atoms. The predicted molar refractivity (Wildman–Crippen MR) is 105 cm³/mol. The fourth-order valence-electron chi connectivity index (χ4n) is 5.35. The number of carbonyl (C=O) groups is 2. The van der Waals surface area contributed by atoms with Gasteiger partial charge >= 0.3 is 0 Å². The van der Waals surface area contributed by atoms with Crippen molar-refractivity contribution in [2.24, 2.45) is 23.5 Å². The molecule has 0 aromatic carbocycles. The molecule has 2 aliphatic carbocycles. The van der Waals surface area contributed by atoms with E-state index in [0.29, 0.717) is 56.4 Å². The zero-order valence-corrected chi connectivity index (χ0v) is 16.6. The van der Waals surface area contributed by atoms with Crippen molar-refractivity contribution in [3.05, 3.63) is 0 Å². The van der Waals surface area contributed by atoms with Crippen LogP contribution in [0.4, 0.5) is 0 Å². The lowest BCUT2D eigenvalue weighted by atomic mass is 9.57. The van der Waals surface area contributed by atoms with Crippen LogP contribution in [0.25, 0.3) is 0 Å². The normalized spacial score (nSPS) is 32.8. The van der Waals surface area contributed by atoms with Gasteiger partial charge in [-0.25, -0.2) is 0 Å². The maximum atomic E-state index is 12.8. The number of ketones is 1. The number of amides is 1. The molecule has 3 rings (SSSR count). The second kappa shape index (κ2) is 10.5.